The number of hydrogen-bond donors (Lipinski definition) is 3. The van der Waals surface area contributed by atoms with Crippen LogP contribution in [0.15, 0.2) is 54.6 Å². The Kier molecular flexibility index (Phi) is 5.86. The van der Waals surface area contributed by atoms with Gasteiger partial charge in [-0.3, -0.25) is 4.79 Å². The van der Waals surface area contributed by atoms with Crippen LogP contribution in [0.3, 0.4) is 0 Å². The summed E-state index contributed by atoms with van der Waals surface area (Å²) in [6.45, 7) is 0.187. The number of nitrogens with one attached hydrogen (secondary N) is 2. The van der Waals surface area contributed by atoms with Crippen LogP contribution in [0.1, 0.15) is 29.2 Å². The van der Waals surface area contributed by atoms with Crippen LogP contribution in [0.5, 0.6) is 0 Å². The molecule has 0 radical (unpaired) electrons. The van der Waals surface area contributed by atoms with Gasteiger partial charge in [-0.15, -0.1) is 0 Å². The van der Waals surface area contributed by atoms with E-state index in [1.165, 1.54) is 5.56 Å². The lowest BCUT2D eigenvalue weighted by molar-refractivity contribution is -0.146. The Hall–Kier alpha value is -2.86. The molecule has 0 aromatic heterocycles. The molecule has 0 fully saturated rings. The number of ether oxygens (including phenoxy) is 1. The zero-order valence-electron chi connectivity index (χ0n) is 14.5. The van der Waals surface area contributed by atoms with Gasteiger partial charge in [0.15, 0.2) is 0 Å². The molecule has 0 heterocycles. The summed E-state index contributed by atoms with van der Waals surface area (Å²) in [5.41, 5.74) is 9.10. The molecular weight excluding hydrogens is 330 g/mol. The molecular formula is C20H23N3O3. The number of carbonyl (C=O) groups excluding carboxylic acids is 2. The summed E-state index contributed by atoms with van der Waals surface area (Å²) in [5, 5.41) is 5.57. The first kappa shape index (κ1) is 17.9. The Bertz CT molecular complexity index is 764. The Balaban J connectivity index is 1.40. The molecule has 2 aromatic carbocycles. The summed E-state index contributed by atoms with van der Waals surface area (Å²) in [5.74, 6) is -0.541. The summed E-state index contributed by atoms with van der Waals surface area (Å²) in [4.78, 5) is 24.0. The number of nitrogens with two attached hydrogens (primary N) is 1. The Morgan fingerprint density at radius 1 is 1.12 bits per heavy atom. The molecule has 4 N–H and O–H groups in total. The number of hydrogen-bond acceptors (Lipinski definition) is 4. The summed E-state index contributed by atoms with van der Waals surface area (Å²) < 4.78 is 5.17. The van der Waals surface area contributed by atoms with Crippen LogP contribution in [0.25, 0.3) is 0 Å². The minimum absolute atomic E-state index is 0.00698. The molecule has 0 bridgehead atoms. The molecule has 1 aliphatic rings. The number of amides is 2. The van der Waals surface area contributed by atoms with Crippen molar-refractivity contribution >= 4 is 12.0 Å². The molecule has 2 amide bonds. The van der Waals surface area contributed by atoms with Gasteiger partial charge in [0, 0.05) is 6.54 Å². The van der Waals surface area contributed by atoms with E-state index in [0.717, 1.165) is 24.0 Å². The molecule has 0 saturated heterocycles. The number of carbonyl (C=O) groups is 2. The monoisotopic (exact) mass is 353 g/mol. The first-order chi connectivity index (χ1) is 12.6. The SMILES string of the molecule is N[C@@H](CNC(=O)NC1CCc2ccccc21)C(=O)OCc1ccccc1. The summed E-state index contributed by atoms with van der Waals surface area (Å²) in [6, 6.07) is 16.2. The molecule has 2 atom stereocenters. The van der Waals surface area contributed by atoms with E-state index in [2.05, 4.69) is 16.7 Å². The molecule has 6 nitrogen and oxygen atoms in total. The largest absolute Gasteiger partial charge is 0.460 e. The van der Waals surface area contributed by atoms with Crippen molar-refractivity contribution in [1.82, 2.24) is 10.6 Å². The summed E-state index contributed by atoms with van der Waals surface area (Å²) >= 11 is 0. The van der Waals surface area contributed by atoms with Gasteiger partial charge >= 0.3 is 12.0 Å². The molecule has 6 heteroatoms. The Morgan fingerprint density at radius 2 is 1.85 bits per heavy atom. The van der Waals surface area contributed by atoms with E-state index in [1.54, 1.807) is 0 Å². The van der Waals surface area contributed by atoms with Crippen LogP contribution in [-0.2, 0) is 22.6 Å². The zero-order valence-corrected chi connectivity index (χ0v) is 14.5. The molecule has 26 heavy (non-hydrogen) atoms. The van der Waals surface area contributed by atoms with Crippen molar-refractivity contribution in [2.45, 2.75) is 31.5 Å². The number of urea groups is 1. The van der Waals surface area contributed by atoms with E-state index in [0.29, 0.717) is 0 Å². The smallest absolute Gasteiger partial charge is 0.325 e. The third-order valence-corrected chi connectivity index (χ3v) is 4.45. The minimum Gasteiger partial charge on any atom is -0.460 e. The first-order valence-electron chi connectivity index (χ1n) is 8.72. The second-order valence-corrected chi connectivity index (χ2v) is 6.34. The van der Waals surface area contributed by atoms with Crippen molar-refractivity contribution < 1.29 is 14.3 Å². The standard InChI is InChI=1S/C20H23N3O3/c21-17(19(24)26-13-14-6-2-1-3-7-14)12-22-20(25)23-18-11-10-15-8-4-5-9-16(15)18/h1-9,17-18H,10-13,21H2,(H2,22,23,25)/t17-,18?/m0/s1. The second kappa shape index (κ2) is 8.49. The molecule has 0 aliphatic heterocycles. The number of aryl methyl sites for hydroxylation is 1. The predicted molar refractivity (Wildman–Crippen MR) is 98.3 cm³/mol. The highest BCUT2D eigenvalue weighted by Gasteiger charge is 2.24. The molecule has 136 valence electrons. The molecule has 2 aromatic rings. The Labute approximate surface area is 152 Å². The van der Waals surface area contributed by atoms with E-state index in [1.807, 2.05) is 48.5 Å². The fourth-order valence-corrected chi connectivity index (χ4v) is 3.04. The average molecular weight is 353 g/mol. The molecule has 1 aliphatic carbocycles. The van der Waals surface area contributed by atoms with Gasteiger partial charge in [0.25, 0.3) is 0 Å². The van der Waals surface area contributed by atoms with Crippen LogP contribution < -0.4 is 16.4 Å². The fraction of sp³-hybridized carbons (Fsp3) is 0.300. The van der Waals surface area contributed by atoms with E-state index in [9.17, 15) is 9.59 Å². The van der Waals surface area contributed by atoms with Gasteiger partial charge in [0.05, 0.1) is 6.04 Å². The van der Waals surface area contributed by atoms with Gasteiger partial charge < -0.3 is 21.1 Å². The van der Waals surface area contributed by atoms with E-state index in [-0.39, 0.29) is 25.2 Å². The van der Waals surface area contributed by atoms with Gasteiger partial charge in [0.1, 0.15) is 12.6 Å². The van der Waals surface area contributed by atoms with E-state index in [4.69, 9.17) is 10.5 Å². The topological polar surface area (TPSA) is 93.5 Å². The van der Waals surface area contributed by atoms with Gasteiger partial charge in [0.2, 0.25) is 0 Å². The van der Waals surface area contributed by atoms with Gasteiger partial charge in [-0.2, -0.15) is 0 Å². The fourth-order valence-electron chi connectivity index (χ4n) is 3.04. The van der Waals surface area contributed by atoms with Crippen LogP contribution in [0.4, 0.5) is 4.79 Å². The number of benzene rings is 2. The molecule has 3 rings (SSSR count). The van der Waals surface area contributed by atoms with Crippen LogP contribution in [-0.4, -0.2) is 24.6 Å². The second-order valence-electron chi connectivity index (χ2n) is 6.34. The molecule has 1 unspecified atom stereocenters. The minimum atomic E-state index is -0.902. The lowest BCUT2D eigenvalue weighted by Gasteiger charge is -2.16. The normalized spacial score (nSPS) is 16.4. The van der Waals surface area contributed by atoms with Crippen LogP contribution in [0, 0.1) is 0 Å². The zero-order chi connectivity index (χ0) is 18.4. The summed E-state index contributed by atoms with van der Waals surface area (Å²) in [6.07, 6.45) is 1.82. The van der Waals surface area contributed by atoms with Crippen molar-refractivity contribution in [3.05, 3.63) is 71.3 Å². The highest BCUT2D eigenvalue weighted by molar-refractivity contribution is 5.78. The van der Waals surface area contributed by atoms with Crippen LogP contribution in [0.2, 0.25) is 0 Å². The number of rotatable bonds is 6. The molecule has 0 spiro atoms. The number of esters is 1. The lowest BCUT2D eigenvalue weighted by atomic mass is 10.1. The quantitative estimate of drug-likeness (QED) is 0.693. The highest BCUT2D eigenvalue weighted by Crippen LogP contribution is 2.30. The van der Waals surface area contributed by atoms with Gasteiger partial charge in [-0.1, -0.05) is 54.6 Å². The van der Waals surface area contributed by atoms with Crippen molar-refractivity contribution in [2.24, 2.45) is 5.73 Å². The third-order valence-electron chi connectivity index (χ3n) is 4.45. The third kappa shape index (κ3) is 4.61. The van der Waals surface area contributed by atoms with Crippen molar-refractivity contribution in [2.75, 3.05) is 6.54 Å². The lowest BCUT2D eigenvalue weighted by Crippen LogP contribution is -2.47. The highest BCUT2D eigenvalue weighted by atomic mass is 16.5. The first-order valence-corrected chi connectivity index (χ1v) is 8.72. The van der Waals surface area contributed by atoms with Crippen molar-refractivity contribution in [3.63, 3.8) is 0 Å². The maximum atomic E-state index is 12.1. The number of fused-ring (bicyclic) bond motifs is 1. The van der Waals surface area contributed by atoms with Gasteiger partial charge in [-0.25, -0.2) is 4.79 Å². The summed E-state index contributed by atoms with van der Waals surface area (Å²) in [7, 11) is 0. The van der Waals surface area contributed by atoms with Gasteiger partial charge in [-0.05, 0) is 29.5 Å². The van der Waals surface area contributed by atoms with E-state index < -0.39 is 12.0 Å². The van der Waals surface area contributed by atoms with Crippen molar-refractivity contribution in [3.8, 4) is 0 Å². The maximum Gasteiger partial charge on any atom is 0.325 e. The van der Waals surface area contributed by atoms with Crippen LogP contribution >= 0.6 is 0 Å². The Morgan fingerprint density at radius 3 is 2.65 bits per heavy atom. The molecule has 0 saturated carbocycles. The average Bonchev–Trinajstić information content (AvgIpc) is 3.08. The van der Waals surface area contributed by atoms with E-state index >= 15 is 0 Å². The predicted octanol–water partition coefficient (Wildman–Crippen LogP) is 2.04. The van der Waals surface area contributed by atoms with Crippen molar-refractivity contribution in [1.29, 1.82) is 0 Å². The maximum absolute atomic E-state index is 12.1.